The van der Waals surface area contributed by atoms with Crippen molar-refractivity contribution in [3.8, 4) is 0 Å². The van der Waals surface area contributed by atoms with Crippen molar-refractivity contribution in [3.63, 3.8) is 0 Å². The molecular formula is C13H14FN3. The van der Waals surface area contributed by atoms with Crippen LogP contribution in [-0.2, 0) is 0 Å². The summed E-state index contributed by atoms with van der Waals surface area (Å²) in [5.41, 5.74) is 1.79. The van der Waals surface area contributed by atoms with E-state index in [1.807, 2.05) is 13.1 Å². The lowest BCUT2D eigenvalue weighted by Gasteiger charge is -2.10. The molecule has 1 heterocycles. The summed E-state index contributed by atoms with van der Waals surface area (Å²) in [6.45, 7) is 1.88. The highest BCUT2D eigenvalue weighted by Gasteiger charge is 2.25. The van der Waals surface area contributed by atoms with Crippen LogP contribution in [-0.4, -0.2) is 9.55 Å². The lowest BCUT2D eigenvalue weighted by atomic mass is 10.2. The Labute approximate surface area is 99.3 Å². The number of anilines is 2. The van der Waals surface area contributed by atoms with Crippen molar-refractivity contribution < 1.29 is 4.39 Å². The van der Waals surface area contributed by atoms with E-state index in [2.05, 4.69) is 14.9 Å². The molecule has 1 saturated carbocycles. The zero-order chi connectivity index (χ0) is 11.8. The molecule has 88 valence electrons. The molecule has 0 aliphatic heterocycles. The molecule has 0 bridgehead atoms. The number of imidazole rings is 1. The zero-order valence-electron chi connectivity index (χ0n) is 9.65. The highest BCUT2D eigenvalue weighted by atomic mass is 19.1. The number of nitrogens with one attached hydrogen (secondary N) is 1. The van der Waals surface area contributed by atoms with Gasteiger partial charge in [-0.15, -0.1) is 0 Å². The van der Waals surface area contributed by atoms with Crippen LogP contribution >= 0.6 is 0 Å². The average molecular weight is 231 g/mol. The van der Waals surface area contributed by atoms with Crippen molar-refractivity contribution in [2.45, 2.75) is 25.8 Å². The molecule has 0 radical (unpaired) electrons. The number of rotatable bonds is 3. The van der Waals surface area contributed by atoms with E-state index in [1.54, 1.807) is 12.3 Å². The van der Waals surface area contributed by atoms with Crippen LogP contribution in [0, 0.1) is 12.7 Å². The number of benzene rings is 1. The molecule has 3 rings (SSSR count). The summed E-state index contributed by atoms with van der Waals surface area (Å²) >= 11 is 0. The Balaban J connectivity index is 1.88. The highest BCUT2D eigenvalue weighted by Crippen LogP contribution is 2.37. The molecule has 1 aromatic carbocycles. The quantitative estimate of drug-likeness (QED) is 0.877. The molecule has 1 aromatic heterocycles. The molecule has 2 aromatic rings. The molecule has 0 amide bonds. The molecule has 1 N–H and O–H groups in total. The Morgan fingerprint density at radius 2 is 2.24 bits per heavy atom. The first kappa shape index (κ1) is 10.3. The minimum absolute atomic E-state index is 0.210. The summed E-state index contributed by atoms with van der Waals surface area (Å²) in [7, 11) is 0. The SMILES string of the molecule is Cc1cc(F)ccc1Nc1nccn1C1CC1. The lowest BCUT2D eigenvalue weighted by molar-refractivity contribution is 0.627. The maximum atomic E-state index is 13.0. The van der Waals surface area contributed by atoms with Crippen LogP contribution in [0.25, 0.3) is 0 Å². The van der Waals surface area contributed by atoms with Gasteiger partial charge in [-0.1, -0.05) is 0 Å². The van der Waals surface area contributed by atoms with Crippen molar-refractivity contribution in [3.05, 3.63) is 42.0 Å². The van der Waals surface area contributed by atoms with E-state index in [0.29, 0.717) is 6.04 Å². The topological polar surface area (TPSA) is 29.9 Å². The van der Waals surface area contributed by atoms with Gasteiger partial charge in [0, 0.05) is 24.1 Å². The van der Waals surface area contributed by atoms with Crippen LogP contribution in [0.4, 0.5) is 16.0 Å². The maximum Gasteiger partial charge on any atom is 0.207 e. The summed E-state index contributed by atoms with van der Waals surface area (Å²) in [6.07, 6.45) is 6.21. The average Bonchev–Trinajstić information content (AvgIpc) is 3.03. The van der Waals surface area contributed by atoms with E-state index in [0.717, 1.165) is 17.2 Å². The molecular weight excluding hydrogens is 217 g/mol. The van der Waals surface area contributed by atoms with Gasteiger partial charge >= 0.3 is 0 Å². The first-order valence-electron chi connectivity index (χ1n) is 5.80. The summed E-state index contributed by atoms with van der Waals surface area (Å²) in [5, 5.41) is 3.25. The molecule has 3 nitrogen and oxygen atoms in total. The minimum atomic E-state index is -0.210. The summed E-state index contributed by atoms with van der Waals surface area (Å²) < 4.78 is 15.1. The van der Waals surface area contributed by atoms with E-state index in [-0.39, 0.29) is 5.82 Å². The van der Waals surface area contributed by atoms with E-state index >= 15 is 0 Å². The van der Waals surface area contributed by atoms with Gasteiger partial charge in [0.2, 0.25) is 5.95 Å². The number of nitrogens with zero attached hydrogens (tertiary/aromatic N) is 2. The van der Waals surface area contributed by atoms with E-state index in [9.17, 15) is 4.39 Å². The van der Waals surface area contributed by atoms with Crippen molar-refractivity contribution in [1.29, 1.82) is 0 Å². The number of aryl methyl sites for hydroxylation is 1. The zero-order valence-corrected chi connectivity index (χ0v) is 9.65. The van der Waals surface area contributed by atoms with Gasteiger partial charge < -0.3 is 9.88 Å². The Kier molecular flexibility index (Phi) is 2.35. The van der Waals surface area contributed by atoms with Crippen molar-refractivity contribution in [2.75, 3.05) is 5.32 Å². The third kappa shape index (κ3) is 2.02. The third-order valence-corrected chi connectivity index (χ3v) is 3.04. The van der Waals surface area contributed by atoms with Gasteiger partial charge in [-0.25, -0.2) is 9.37 Å². The van der Waals surface area contributed by atoms with Gasteiger partial charge in [-0.2, -0.15) is 0 Å². The monoisotopic (exact) mass is 231 g/mol. The van der Waals surface area contributed by atoms with Crippen molar-refractivity contribution in [2.24, 2.45) is 0 Å². The second kappa shape index (κ2) is 3.87. The van der Waals surface area contributed by atoms with Gasteiger partial charge in [0.1, 0.15) is 5.82 Å². The second-order valence-electron chi connectivity index (χ2n) is 4.47. The van der Waals surface area contributed by atoms with Crippen molar-refractivity contribution >= 4 is 11.6 Å². The summed E-state index contributed by atoms with van der Waals surface area (Å²) in [5.74, 6) is 0.626. The van der Waals surface area contributed by atoms with E-state index < -0.39 is 0 Å². The lowest BCUT2D eigenvalue weighted by Crippen LogP contribution is -2.02. The first-order valence-corrected chi connectivity index (χ1v) is 5.80. The second-order valence-corrected chi connectivity index (χ2v) is 4.47. The van der Waals surface area contributed by atoms with E-state index in [4.69, 9.17) is 0 Å². The molecule has 4 heteroatoms. The van der Waals surface area contributed by atoms with Crippen LogP contribution < -0.4 is 5.32 Å². The van der Waals surface area contributed by atoms with Crippen LogP contribution in [0.15, 0.2) is 30.6 Å². The molecule has 0 spiro atoms. The molecule has 17 heavy (non-hydrogen) atoms. The third-order valence-electron chi connectivity index (χ3n) is 3.04. The molecule has 0 saturated heterocycles. The molecule has 1 aliphatic rings. The Bertz CT molecular complexity index is 543. The van der Waals surface area contributed by atoms with E-state index in [1.165, 1.54) is 25.0 Å². The Morgan fingerprint density at radius 1 is 1.41 bits per heavy atom. The molecule has 0 unspecified atom stereocenters. The van der Waals surface area contributed by atoms with Crippen LogP contribution in [0.1, 0.15) is 24.4 Å². The number of hydrogen-bond donors (Lipinski definition) is 1. The molecule has 1 fully saturated rings. The van der Waals surface area contributed by atoms with Gasteiger partial charge in [0.15, 0.2) is 0 Å². The molecule has 0 atom stereocenters. The highest BCUT2D eigenvalue weighted by molar-refractivity contribution is 5.58. The predicted molar refractivity (Wildman–Crippen MR) is 64.9 cm³/mol. The minimum Gasteiger partial charge on any atom is -0.325 e. The van der Waals surface area contributed by atoms with Crippen molar-refractivity contribution in [1.82, 2.24) is 9.55 Å². The van der Waals surface area contributed by atoms with Gasteiger partial charge in [0.05, 0.1) is 0 Å². The van der Waals surface area contributed by atoms with Crippen LogP contribution in [0.2, 0.25) is 0 Å². The Morgan fingerprint density at radius 3 is 2.94 bits per heavy atom. The normalized spacial score (nSPS) is 14.9. The fourth-order valence-corrected chi connectivity index (χ4v) is 1.94. The Hall–Kier alpha value is -1.84. The van der Waals surface area contributed by atoms with Gasteiger partial charge in [-0.3, -0.25) is 0 Å². The maximum absolute atomic E-state index is 13.0. The number of hydrogen-bond acceptors (Lipinski definition) is 2. The number of halogens is 1. The number of aromatic nitrogens is 2. The van der Waals surface area contributed by atoms with Crippen LogP contribution in [0.5, 0.6) is 0 Å². The summed E-state index contributed by atoms with van der Waals surface area (Å²) in [4.78, 5) is 4.29. The predicted octanol–water partition coefficient (Wildman–Crippen LogP) is 3.41. The fourth-order valence-electron chi connectivity index (χ4n) is 1.94. The standard InChI is InChI=1S/C13H14FN3/c1-9-8-10(14)2-5-12(9)16-13-15-6-7-17(13)11-3-4-11/h2,5-8,11H,3-4H2,1H3,(H,15,16). The largest absolute Gasteiger partial charge is 0.325 e. The first-order chi connectivity index (χ1) is 8.24. The van der Waals surface area contributed by atoms with Gasteiger partial charge in [0.25, 0.3) is 0 Å². The fraction of sp³-hybridized carbons (Fsp3) is 0.308. The molecule has 1 aliphatic carbocycles. The summed E-state index contributed by atoms with van der Waals surface area (Å²) in [6, 6.07) is 5.31. The smallest absolute Gasteiger partial charge is 0.207 e. The van der Waals surface area contributed by atoms with Crippen LogP contribution in [0.3, 0.4) is 0 Å². The van der Waals surface area contributed by atoms with Gasteiger partial charge in [-0.05, 0) is 43.5 Å².